The summed E-state index contributed by atoms with van der Waals surface area (Å²) in [5, 5.41) is 9.46. The third-order valence-electron chi connectivity index (χ3n) is 6.76. The molecule has 2 unspecified atom stereocenters. The molecular weight excluding hydrogens is 377 g/mol. The highest BCUT2D eigenvalue weighted by Crippen LogP contribution is 2.47. The summed E-state index contributed by atoms with van der Waals surface area (Å²) in [6, 6.07) is 1.03. The van der Waals surface area contributed by atoms with Gasteiger partial charge in [0.1, 0.15) is 17.9 Å². The van der Waals surface area contributed by atoms with Crippen molar-refractivity contribution in [1.29, 1.82) is 0 Å². The molecule has 0 amide bonds. The zero-order chi connectivity index (χ0) is 20.5. The van der Waals surface area contributed by atoms with E-state index in [0.29, 0.717) is 23.6 Å². The molecule has 29 heavy (non-hydrogen) atoms. The van der Waals surface area contributed by atoms with E-state index in [9.17, 15) is 14.7 Å². The summed E-state index contributed by atoms with van der Waals surface area (Å²) < 4.78 is 23.0. The van der Waals surface area contributed by atoms with Gasteiger partial charge in [0.25, 0.3) is 0 Å². The van der Waals surface area contributed by atoms with E-state index in [2.05, 4.69) is 11.9 Å². The maximum absolute atomic E-state index is 15.3. The Labute approximate surface area is 167 Å². The average molecular weight is 401 g/mol. The maximum atomic E-state index is 15.3. The minimum atomic E-state index is -1.31. The molecular formula is C21H24FN3O4. The molecule has 0 saturated carbocycles. The lowest BCUT2D eigenvalue weighted by atomic mass is 9.86. The van der Waals surface area contributed by atoms with Crippen LogP contribution < -0.4 is 15.1 Å². The highest BCUT2D eigenvalue weighted by Gasteiger charge is 2.44. The van der Waals surface area contributed by atoms with Gasteiger partial charge in [-0.3, -0.25) is 4.79 Å². The summed E-state index contributed by atoms with van der Waals surface area (Å²) in [6.45, 7) is 5.72. The SMILES string of the molecule is CC1COc2c(N3CCC4(CCN(C)C4)C3)c(F)cc3c(=O)c(C(=O)O)cn1c23. The van der Waals surface area contributed by atoms with Gasteiger partial charge in [0.2, 0.25) is 5.43 Å². The maximum Gasteiger partial charge on any atom is 0.341 e. The number of benzene rings is 1. The van der Waals surface area contributed by atoms with Crippen LogP contribution in [0.5, 0.6) is 5.75 Å². The molecule has 0 aliphatic carbocycles. The second-order valence-electron chi connectivity index (χ2n) is 8.84. The largest absolute Gasteiger partial charge is 0.487 e. The van der Waals surface area contributed by atoms with Gasteiger partial charge in [-0.25, -0.2) is 9.18 Å². The van der Waals surface area contributed by atoms with Crippen LogP contribution in [0.15, 0.2) is 17.1 Å². The number of ether oxygens (including phenoxy) is 1. The van der Waals surface area contributed by atoms with Crippen LogP contribution in [0.25, 0.3) is 10.9 Å². The number of anilines is 1. The van der Waals surface area contributed by atoms with Crippen molar-refractivity contribution in [3.63, 3.8) is 0 Å². The van der Waals surface area contributed by atoms with Gasteiger partial charge in [-0.1, -0.05) is 0 Å². The summed E-state index contributed by atoms with van der Waals surface area (Å²) in [7, 11) is 2.11. The fourth-order valence-electron chi connectivity index (χ4n) is 5.28. The zero-order valence-corrected chi connectivity index (χ0v) is 16.6. The molecule has 0 radical (unpaired) electrons. The van der Waals surface area contributed by atoms with Crippen molar-refractivity contribution in [3.8, 4) is 5.75 Å². The van der Waals surface area contributed by atoms with E-state index in [0.717, 1.165) is 39.0 Å². The Hall–Kier alpha value is -2.61. The molecule has 2 aromatic rings. The van der Waals surface area contributed by atoms with Crippen LogP contribution in [-0.4, -0.2) is 60.4 Å². The van der Waals surface area contributed by atoms with Crippen molar-refractivity contribution in [2.75, 3.05) is 44.7 Å². The molecule has 1 aromatic carbocycles. The number of carboxylic acids is 1. The lowest BCUT2D eigenvalue weighted by Gasteiger charge is -2.32. The van der Waals surface area contributed by atoms with Gasteiger partial charge in [-0.05, 0) is 39.4 Å². The molecule has 8 heteroatoms. The molecule has 4 heterocycles. The van der Waals surface area contributed by atoms with E-state index in [1.165, 1.54) is 12.3 Å². The van der Waals surface area contributed by atoms with Crippen LogP contribution in [0.1, 0.15) is 36.2 Å². The fraction of sp³-hybridized carbons (Fsp3) is 0.524. The summed E-state index contributed by atoms with van der Waals surface area (Å²) >= 11 is 0. The zero-order valence-electron chi connectivity index (χ0n) is 16.6. The van der Waals surface area contributed by atoms with Crippen molar-refractivity contribution in [2.45, 2.75) is 25.8 Å². The van der Waals surface area contributed by atoms with E-state index in [1.807, 2.05) is 11.8 Å². The first-order chi connectivity index (χ1) is 13.8. The van der Waals surface area contributed by atoms with Gasteiger partial charge >= 0.3 is 5.97 Å². The molecule has 1 spiro atoms. The van der Waals surface area contributed by atoms with Crippen LogP contribution in [0.4, 0.5) is 10.1 Å². The van der Waals surface area contributed by atoms with Crippen molar-refractivity contribution in [3.05, 3.63) is 33.9 Å². The number of pyridine rings is 1. The first-order valence-corrected chi connectivity index (χ1v) is 10.0. The number of hydrogen-bond acceptors (Lipinski definition) is 5. The average Bonchev–Trinajstić information content (AvgIpc) is 3.24. The first kappa shape index (κ1) is 18.4. The summed E-state index contributed by atoms with van der Waals surface area (Å²) in [5.74, 6) is -1.48. The number of nitrogens with zero attached hydrogens (tertiary/aromatic N) is 3. The molecule has 3 aliphatic rings. The topological polar surface area (TPSA) is 75.0 Å². The lowest BCUT2D eigenvalue weighted by molar-refractivity contribution is 0.0694. The Kier molecular flexibility index (Phi) is 3.93. The van der Waals surface area contributed by atoms with Gasteiger partial charge in [0, 0.05) is 31.2 Å². The number of aromatic nitrogens is 1. The Morgan fingerprint density at radius 1 is 1.31 bits per heavy atom. The lowest BCUT2D eigenvalue weighted by Crippen LogP contribution is -2.32. The molecule has 1 aromatic heterocycles. The molecule has 2 fully saturated rings. The minimum Gasteiger partial charge on any atom is -0.487 e. The van der Waals surface area contributed by atoms with E-state index in [4.69, 9.17) is 4.74 Å². The van der Waals surface area contributed by atoms with Gasteiger partial charge in [-0.15, -0.1) is 0 Å². The quantitative estimate of drug-likeness (QED) is 0.833. The monoisotopic (exact) mass is 401 g/mol. The Bertz CT molecular complexity index is 1100. The van der Waals surface area contributed by atoms with Crippen LogP contribution in [0, 0.1) is 11.2 Å². The fourth-order valence-corrected chi connectivity index (χ4v) is 5.28. The highest BCUT2D eigenvalue weighted by molar-refractivity contribution is 5.97. The van der Waals surface area contributed by atoms with Gasteiger partial charge < -0.3 is 24.2 Å². The van der Waals surface area contributed by atoms with Crippen molar-refractivity contribution in [1.82, 2.24) is 9.47 Å². The predicted molar refractivity (Wildman–Crippen MR) is 107 cm³/mol. The van der Waals surface area contributed by atoms with Crippen LogP contribution in [0.2, 0.25) is 0 Å². The second-order valence-corrected chi connectivity index (χ2v) is 8.84. The van der Waals surface area contributed by atoms with E-state index in [-0.39, 0.29) is 22.4 Å². The minimum absolute atomic E-state index is 0.0576. The van der Waals surface area contributed by atoms with E-state index < -0.39 is 17.2 Å². The molecule has 0 bridgehead atoms. The van der Waals surface area contributed by atoms with E-state index >= 15 is 4.39 Å². The summed E-state index contributed by atoms with van der Waals surface area (Å²) in [4.78, 5) is 28.6. The van der Waals surface area contributed by atoms with Crippen LogP contribution in [-0.2, 0) is 0 Å². The molecule has 154 valence electrons. The number of likely N-dealkylation sites (tertiary alicyclic amines) is 1. The van der Waals surface area contributed by atoms with Gasteiger partial charge in [-0.2, -0.15) is 0 Å². The normalized spacial score (nSPS) is 26.4. The molecule has 1 N–H and O–H groups in total. The van der Waals surface area contributed by atoms with Gasteiger partial charge in [0.05, 0.1) is 16.9 Å². The van der Waals surface area contributed by atoms with Crippen LogP contribution in [0.3, 0.4) is 0 Å². The molecule has 2 atom stereocenters. The first-order valence-electron chi connectivity index (χ1n) is 10.0. The number of carbonyl (C=O) groups is 1. The number of carboxylic acid groups (broad SMARTS) is 1. The highest BCUT2D eigenvalue weighted by atomic mass is 19.1. The Morgan fingerprint density at radius 2 is 2.07 bits per heavy atom. The Morgan fingerprint density at radius 3 is 2.76 bits per heavy atom. The smallest absolute Gasteiger partial charge is 0.341 e. The number of hydrogen-bond donors (Lipinski definition) is 1. The summed E-state index contributed by atoms with van der Waals surface area (Å²) in [6.07, 6.45) is 3.45. The number of aromatic carboxylic acids is 1. The molecule has 3 aliphatic heterocycles. The third-order valence-corrected chi connectivity index (χ3v) is 6.76. The van der Waals surface area contributed by atoms with Gasteiger partial charge in [0.15, 0.2) is 11.6 Å². The Balaban J connectivity index is 1.69. The number of rotatable bonds is 2. The number of halogens is 1. The second kappa shape index (κ2) is 6.19. The van der Waals surface area contributed by atoms with E-state index in [1.54, 1.807) is 4.57 Å². The molecule has 2 saturated heterocycles. The summed E-state index contributed by atoms with van der Waals surface area (Å²) in [5.41, 5.74) is 0.0195. The third kappa shape index (κ3) is 2.65. The van der Waals surface area contributed by atoms with Crippen molar-refractivity contribution < 1.29 is 19.0 Å². The standard InChI is InChI=1S/C21H24FN3O4/c1-12-9-29-19-16-13(18(26)14(20(27)28)8-25(12)16)7-15(22)17(19)24-6-4-21(11-24)3-5-23(2)10-21/h7-8,12H,3-6,9-11H2,1-2H3,(H,27,28). The molecule has 7 nitrogen and oxygen atoms in total. The molecule has 5 rings (SSSR count). The van der Waals surface area contributed by atoms with Crippen molar-refractivity contribution >= 4 is 22.6 Å². The van der Waals surface area contributed by atoms with Crippen LogP contribution >= 0.6 is 0 Å². The van der Waals surface area contributed by atoms with Crippen molar-refractivity contribution in [2.24, 2.45) is 5.41 Å². The predicted octanol–water partition coefficient (Wildman–Crippen LogP) is 2.32.